The van der Waals surface area contributed by atoms with E-state index in [4.69, 9.17) is 14.2 Å². The minimum absolute atomic E-state index is 0.0634. The maximum atomic E-state index is 12.7. The Morgan fingerprint density at radius 1 is 0.328 bits per heavy atom. The van der Waals surface area contributed by atoms with E-state index in [-0.39, 0.29) is 31.1 Å². The van der Waals surface area contributed by atoms with Gasteiger partial charge in [-0.05, 0) is 25.2 Å². The number of hydrogen-bond donors (Lipinski definition) is 0. The Morgan fingerprint density at radius 3 is 0.845 bits per heavy atom. The third-order valence-electron chi connectivity index (χ3n) is 11.8. The zero-order valence-corrected chi connectivity index (χ0v) is 39.5. The monoisotopic (exact) mass is 821 g/mol. The number of unbranched alkanes of at least 4 members (excludes halogenated alkanes) is 34. The van der Waals surface area contributed by atoms with E-state index >= 15 is 0 Å². The maximum absolute atomic E-state index is 12.7. The van der Waals surface area contributed by atoms with E-state index in [1.807, 2.05) is 0 Å². The molecule has 6 heteroatoms. The number of carbonyl (C=O) groups is 3. The second-order valence-electron chi connectivity index (χ2n) is 18.3. The van der Waals surface area contributed by atoms with Crippen LogP contribution in [0.25, 0.3) is 0 Å². The van der Waals surface area contributed by atoms with E-state index in [1.54, 1.807) is 0 Å². The van der Waals surface area contributed by atoms with Crippen LogP contribution >= 0.6 is 0 Å². The first-order valence-electron chi connectivity index (χ1n) is 25.9. The highest BCUT2D eigenvalue weighted by Crippen LogP contribution is 2.17. The standard InChI is InChI=1S/C52H100O6/c1-5-7-9-11-13-15-17-18-19-20-21-22-23-24-25-27-32-36-40-44-51(54)57-47-49(46-56-50(53)43-39-35-31-26-16-14-12-10-8-6-2)58-52(55)45-41-37-33-29-28-30-34-38-42-48(3)4/h48-49H,5-47H2,1-4H3/t49-/m1/s1. The van der Waals surface area contributed by atoms with Crippen molar-refractivity contribution in [3.63, 3.8) is 0 Å². The molecule has 0 saturated heterocycles. The first-order valence-corrected chi connectivity index (χ1v) is 25.9. The quantitative estimate of drug-likeness (QED) is 0.0346. The van der Waals surface area contributed by atoms with Crippen LogP contribution in [-0.2, 0) is 28.6 Å². The molecular formula is C52H100O6. The Labute approximate surface area is 361 Å². The van der Waals surface area contributed by atoms with E-state index < -0.39 is 6.10 Å². The average Bonchev–Trinajstić information content (AvgIpc) is 3.21. The minimum Gasteiger partial charge on any atom is -0.462 e. The Balaban J connectivity index is 4.21. The highest BCUT2D eigenvalue weighted by Gasteiger charge is 2.19. The summed E-state index contributed by atoms with van der Waals surface area (Å²) < 4.78 is 16.8. The van der Waals surface area contributed by atoms with Crippen molar-refractivity contribution >= 4 is 17.9 Å². The molecule has 0 bridgehead atoms. The third kappa shape index (κ3) is 45.5. The summed E-state index contributed by atoms with van der Waals surface area (Å²) in [6.45, 7) is 8.98. The lowest BCUT2D eigenvalue weighted by Gasteiger charge is -2.18. The Bertz CT molecular complexity index is 872. The highest BCUT2D eigenvalue weighted by atomic mass is 16.6. The molecule has 0 radical (unpaired) electrons. The largest absolute Gasteiger partial charge is 0.462 e. The summed E-state index contributed by atoms with van der Waals surface area (Å²) in [6.07, 6.45) is 48.1. The van der Waals surface area contributed by atoms with Gasteiger partial charge in [0, 0.05) is 19.3 Å². The van der Waals surface area contributed by atoms with Crippen LogP contribution < -0.4 is 0 Å². The molecule has 1 atom stereocenters. The molecular weight excluding hydrogens is 721 g/mol. The number of esters is 3. The van der Waals surface area contributed by atoms with Gasteiger partial charge in [0.1, 0.15) is 13.2 Å². The van der Waals surface area contributed by atoms with Crippen molar-refractivity contribution in [2.75, 3.05) is 13.2 Å². The van der Waals surface area contributed by atoms with Crippen LogP contribution in [0, 0.1) is 5.92 Å². The normalized spacial score (nSPS) is 11.9. The van der Waals surface area contributed by atoms with Crippen LogP contribution in [0.5, 0.6) is 0 Å². The van der Waals surface area contributed by atoms with Gasteiger partial charge in [0.15, 0.2) is 6.10 Å². The summed E-state index contributed by atoms with van der Waals surface area (Å²) in [7, 11) is 0. The number of carbonyl (C=O) groups excluding carboxylic acids is 3. The molecule has 0 aromatic carbocycles. The van der Waals surface area contributed by atoms with E-state index in [0.717, 1.165) is 63.7 Å². The van der Waals surface area contributed by atoms with Gasteiger partial charge in [-0.25, -0.2) is 0 Å². The van der Waals surface area contributed by atoms with Crippen molar-refractivity contribution < 1.29 is 28.6 Å². The molecule has 58 heavy (non-hydrogen) atoms. The molecule has 0 rings (SSSR count). The summed E-state index contributed by atoms with van der Waals surface area (Å²) in [6, 6.07) is 0. The maximum Gasteiger partial charge on any atom is 0.306 e. The lowest BCUT2D eigenvalue weighted by atomic mass is 10.0. The fourth-order valence-electron chi connectivity index (χ4n) is 7.86. The predicted molar refractivity (Wildman–Crippen MR) is 247 cm³/mol. The van der Waals surface area contributed by atoms with Gasteiger partial charge >= 0.3 is 17.9 Å². The topological polar surface area (TPSA) is 78.9 Å². The fourth-order valence-corrected chi connectivity index (χ4v) is 7.86. The molecule has 0 aliphatic rings. The second-order valence-corrected chi connectivity index (χ2v) is 18.3. The molecule has 0 heterocycles. The summed E-state index contributed by atoms with van der Waals surface area (Å²) in [5.41, 5.74) is 0. The van der Waals surface area contributed by atoms with Gasteiger partial charge in [-0.3, -0.25) is 14.4 Å². The lowest BCUT2D eigenvalue weighted by molar-refractivity contribution is -0.167. The molecule has 0 spiro atoms. The molecule has 0 aromatic rings. The van der Waals surface area contributed by atoms with Crippen LogP contribution in [0.2, 0.25) is 0 Å². The number of hydrogen-bond acceptors (Lipinski definition) is 6. The van der Waals surface area contributed by atoms with Gasteiger partial charge < -0.3 is 14.2 Å². The summed E-state index contributed by atoms with van der Waals surface area (Å²) >= 11 is 0. The predicted octanol–water partition coefficient (Wildman–Crippen LogP) is 16.7. The fraction of sp³-hybridized carbons (Fsp3) is 0.942. The average molecular weight is 821 g/mol. The minimum atomic E-state index is -0.760. The van der Waals surface area contributed by atoms with Crippen molar-refractivity contribution in [3.05, 3.63) is 0 Å². The van der Waals surface area contributed by atoms with Crippen LogP contribution in [0.3, 0.4) is 0 Å². The zero-order chi connectivity index (χ0) is 42.4. The van der Waals surface area contributed by atoms with Gasteiger partial charge in [-0.1, -0.05) is 252 Å². The van der Waals surface area contributed by atoms with Crippen LogP contribution in [0.15, 0.2) is 0 Å². The summed E-state index contributed by atoms with van der Waals surface area (Å²) in [4.78, 5) is 37.8. The van der Waals surface area contributed by atoms with Gasteiger partial charge in [-0.15, -0.1) is 0 Å². The van der Waals surface area contributed by atoms with Crippen molar-refractivity contribution in [2.45, 2.75) is 297 Å². The van der Waals surface area contributed by atoms with Crippen molar-refractivity contribution in [3.8, 4) is 0 Å². The molecule has 0 aromatic heterocycles. The molecule has 0 unspecified atom stereocenters. The van der Waals surface area contributed by atoms with Gasteiger partial charge in [0.25, 0.3) is 0 Å². The van der Waals surface area contributed by atoms with Crippen LogP contribution in [-0.4, -0.2) is 37.2 Å². The second kappa shape index (κ2) is 46.5. The molecule has 0 amide bonds. The van der Waals surface area contributed by atoms with E-state index in [2.05, 4.69) is 27.7 Å². The van der Waals surface area contributed by atoms with Crippen molar-refractivity contribution in [2.24, 2.45) is 5.92 Å². The van der Waals surface area contributed by atoms with Crippen LogP contribution in [0.4, 0.5) is 0 Å². The molecule has 0 fully saturated rings. The third-order valence-corrected chi connectivity index (χ3v) is 11.8. The molecule has 0 aliphatic carbocycles. The highest BCUT2D eigenvalue weighted by molar-refractivity contribution is 5.71. The van der Waals surface area contributed by atoms with Crippen LogP contribution in [0.1, 0.15) is 291 Å². The zero-order valence-electron chi connectivity index (χ0n) is 39.5. The van der Waals surface area contributed by atoms with E-state index in [0.29, 0.717) is 19.3 Å². The number of rotatable bonds is 47. The summed E-state index contributed by atoms with van der Waals surface area (Å²) in [5.74, 6) is -0.0560. The Hall–Kier alpha value is -1.59. The van der Waals surface area contributed by atoms with E-state index in [1.165, 1.54) is 186 Å². The smallest absolute Gasteiger partial charge is 0.306 e. The number of ether oxygens (including phenoxy) is 3. The van der Waals surface area contributed by atoms with Gasteiger partial charge in [0.2, 0.25) is 0 Å². The first-order chi connectivity index (χ1) is 28.4. The SMILES string of the molecule is CCCCCCCCCCCCCCCCCCCCCC(=O)OC[C@@H](COC(=O)CCCCCCCCCCCC)OC(=O)CCCCCCCCCCC(C)C. The molecule has 344 valence electrons. The summed E-state index contributed by atoms with van der Waals surface area (Å²) in [5, 5.41) is 0. The lowest BCUT2D eigenvalue weighted by Crippen LogP contribution is -2.30. The van der Waals surface area contributed by atoms with Gasteiger partial charge in [-0.2, -0.15) is 0 Å². The molecule has 6 nitrogen and oxygen atoms in total. The first kappa shape index (κ1) is 56.4. The van der Waals surface area contributed by atoms with Gasteiger partial charge in [0.05, 0.1) is 0 Å². The molecule has 0 N–H and O–H groups in total. The van der Waals surface area contributed by atoms with Crippen molar-refractivity contribution in [1.82, 2.24) is 0 Å². The molecule has 0 saturated carbocycles. The Morgan fingerprint density at radius 2 is 0.569 bits per heavy atom. The van der Waals surface area contributed by atoms with Crippen molar-refractivity contribution in [1.29, 1.82) is 0 Å². The molecule has 0 aliphatic heterocycles. The van der Waals surface area contributed by atoms with E-state index in [9.17, 15) is 14.4 Å². The Kier molecular flexibility index (Phi) is 45.2.